The second-order valence-electron chi connectivity index (χ2n) is 0.779. The van der Waals surface area contributed by atoms with Crippen LogP contribution in [0.5, 0.6) is 0 Å². The van der Waals surface area contributed by atoms with Crippen molar-refractivity contribution in [3.8, 4) is 0 Å². The standard InChI is InChI=1S/C3H8.2ClH.Zr/c1-3-2;;;/h3H2,1-2H3;2*1H;/q;;;+2/p-2. The molecule has 3 heteroatoms. The van der Waals surface area contributed by atoms with Gasteiger partial charge in [0.05, 0.1) is 0 Å². The van der Waals surface area contributed by atoms with Gasteiger partial charge in [-0.15, -0.1) is 0 Å². The van der Waals surface area contributed by atoms with Crippen LogP contribution >= 0.6 is 17.0 Å². The maximum absolute atomic E-state index is 4.93. The summed E-state index contributed by atoms with van der Waals surface area (Å²) in [4.78, 5) is 0. The van der Waals surface area contributed by atoms with Gasteiger partial charge in [-0.2, -0.15) is 0 Å². The van der Waals surface area contributed by atoms with Crippen molar-refractivity contribution < 1.29 is 20.8 Å². The Labute approximate surface area is 57.9 Å². The zero-order valence-electron chi connectivity index (χ0n) is 3.96. The summed E-state index contributed by atoms with van der Waals surface area (Å²) in [5.41, 5.74) is 0. The van der Waals surface area contributed by atoms with E-state index < -0.39 is 20.8 Å². The first kappa shape index (κ1) is 10.4. The Hall–Kier alpha value is 1.46. The van der Waals surface area contributed by atoms with Crippen LogP contribution in [0.15, 0.2) is 0 Å². The minimum atomic E-state index is -0.826. The summed E-state index contributed by atoms with van der Waals surface area (Å²) in [6.07, 6.45) is 1.25. The molecule has 38 valence electrons. The number of hydrogen-bond acceptors (Lipinski definition) is 0. The van der Waals surface area contributed by atoms with E-state index in [-0.39, 0.29) is 0 Å². The van der Waals surface area contributed by atoms with E-state index in [0.29, 0.717) is 0 Å². The molecule has 0 nitrogen and oxygen atoms in total. The summed E-state index contributed by atoms with van der Waals surface area (Å²) >= 11 is -0.826. The Morgan fingerprint density at radius 1 is 1.33 bits per heavy atom. The molecule has 0 bridgehead atoms. The summed E-state index contributed by atoms with van der Waals surface area (Å²) in [5, 5.41) is 0. The van der Waals surface area contributed by atoms with Crippen LogP contribution in [-0.4, -0.2) is 0 Å². The van der Waals surface area contributed by atoms with Crippen molar-refractivity contribution in [2.45, 2.75) is 20.3 Å². The van der Waals surface area contributed by atoms with Crippen LogP contribution in [0.4, 0.5) is 0 Å². The number of halogens is 2. The molecule has 0 spiro atoms. The van der Waals surface area contributed by atoms with Gasteiger partial charge in [0.15, 0.2) is 0 Å². The molecule has 0 aromatic rings. The molecule has 0 radical (unpaired) electrons. The summed E-state index contributed by atoms with van der Waals surface area (Å²) in [7, 11) is 9.87. The molecule has 0 aromatic heterocycles. The summed E-state index contributed by atoms with van der Waals surface area (Å²) in [6.45, 7) is 4.25. The van der Waals surface area contributed by atoms with Crippen molar-refractivity contribution in [2.24, 2.45) is 0 Å². The van der Waals surface area contributed by atoms with Gasteiger partial charge < -0.3 is 0 Å². The van der Waals surface area contributed by atoms with E-state index in [1.807, 2.05) is 0 Å². The molecule has 6 heavy (non-hydrogen) atoms. The first-order chi connectivity index (χ1) is 2.83. The first-order valence-electron chi connectivity index (χ1n) is 1.79. The fourth-order valence-electron chi connectivity index (χ4n) is 0. The van der Waals surface area contributed by atoms with Crippen molar-refractivity contribution >= 4 is 17.0 Å². The molecule has 0 saturated heterocycles. The predicted octanol–water partition coefficient (Wildman–Crippen LogP) is 2.79. The van der Waals surface area contributed by atoms with Crippen LogP contribution in [0.25, 0.3) is 0 Å². The predicted molar refractivity (Wildman–Crippen MR) is 27.7 cm³/mol. The van der Waals surface area contributed by atoms with E-state index in [1.54, 1.807) is 0 Å². The quantitative estimate of drug-likeness (QED) is 0.571. The van der Waals surface area contributed by atoms with Gasteiger partial charge in [0.2, 0.25) is 0 Å². The molecule has 0 N–H and O–H groups in total. The summed E-state index contributed by atoms with van der Waals surface area (Å²) < 4.78 is 0. The topological polar surface area (TPSA) is 0 Å². The monoisotopic (exact) mass is 204 g/mol. The molecule has 0 aliphatic rings. The van der Waals surface area contributed by atoms with Crippen LogP contribution < -0.4 is 0 Å². The van der Waals surface area contributed by atoms with Crippen LogP contribution in [0.1, 0.15) is 20.3 Å². The van der Waals surface area contributed by atoms with Crippen molar-refractivity contribution in [1.29, 1.82) is 0 Å². The fraction of sp³-hybridized carbons (Fsp3) is 1.00. The maximum atomic E-state index is 4.93. The molecule has 0 amide bonds. The second-order valence-corrected chi connectivity index (χ2v) is 4.51. The van der Waals surface area contributed by atoms with E-state index in [9.17, 15) is 0 Å². The Bertz CT molecular complexity index is 10.8. The van der Waals surface area contributed by atoms with Gasteiger partial charge in [-0.25, -0.2) is 0 Å². The molecule has 0 rings (SSSR count). The van der Waals surface area contributed by atoms with E-state index in [0.717, 1.165) is 0 Å². The molecule has 0 unspecified atom stereocenters. The van der Waals surface area contributed by atoms with Gasteiger partial charge in [-0.3, -0.25) is 0 Å². The number of hydrogen-bond donors (Lipinski definition) is 0. The SMILES string of the molecule is CCC.[Cl][Zr][Cl]. The minimum absolute atomic E-state index is 0.826. The average Bonchev–Trinajstić information content (AvgIpc) is 1.39. The zero-order chi connectivity index (χ0) is 5.41. The van der Waals surface area contributed by atoms with E-state index >= 15 is 0 Å². The molecular formula is C3H8Cl2Zr. The molecule has 0 aliphatic carbocycles. The van der Waals surface area contributed by atoms with Crippen molar-refractivity contribution in [3.63, 3.8) is 0 Å². The first-order valence-corrected chi connectivity index (χ1v) is 8.12. The van der Waals surface area contributed by atoms with Crippen LogP contribution in [0.3, 0.4) is 0 Å². The van der Waals surface area contributed by atoms with Gasteiger partial charge in [0.1, 0.15) is 0 Å². The van der Waals surface area contributed by atoms with E-state index in [4.69, 9.17) is 17.0 Å². The Balaban J connectivity index is 0. The molecule has 0 aliphatic heterocycles. The molecule has 0 fully saturated rings. The Morgan fingerprint density at radius 3 is 1.33 bits per heavy atom. The Morgan fingerprint density at radius 2 is 1.33 bits per heavy atom. The Kier molecular flexibility index (Phi) is 28.0. The van der Waals surface area contributed by atoms with Crippen molar-refractivity contribution in [2.75, 3.05) is 0 Å². The third-order valence-electron chi connectivity index (χ3n) is 0. The van der Waals surface area contributed by atoms with Gasteiger partial charge in [0.25, 0.3) is 0 Å². The van der Waals surface area contributed by atoms with Gasteiger partial charge in [-0.05, 0) is 0 Å². The van der Waals surface area contributed by atoms with Gasteiger partial charge in [-0.1, -0.05) is 20.3 Å². The van der Waals surface area contributed by atoms with E-state index in [2.05, 4.69) is 13.8 Å². The normalized spacial score (nSPS) is 5.33. The fourth-order valence-corrected chi connectivity index (χ4v) is 0. The zero-order valence-corrected chi connectivity index (χ0v) is 7.93. The third kappa shape index (κ3) is 50.8. The third-order valence-corrected chi connectivity index (χ3v) is 0. The molecule has 0 saturated carbocycles. The number of rotatable bonds is 0. The van der Waals surface area contributed by atoms with Crippen LogP contribution in [0, 0.1) is 0 Å². The van der Waals surface area contributed by atoms with Crippen molar-refractivity contribution in [3.05, 3.63) is 0 Å². The van der Waals surface area contributed by atoms with Gasteiger partial charge >= 0.3 is 37.9 Å². The molecule has 0 atom stereocenters. The summed E-state index contributed by atoms with van der Waals surface area (Å²) in [6, 6.07) is 0. The molecule has 0 aromatic carbocycles. The second kappa shape index (κ2) is 16.1. The van der Waals surface area contributed by atoms with Crippen LogP contribution in [0.2, 0.25) is 0 Å². The average molecular weight is 206 g/mol. The van der Waals surface area contributed by atoms with Crippen molar-refractivity contribution in [1.82, 2.24) is 0 Å². The molecule has 0 heterocycles. The molecular weight excluding hydrogens is 198 g/mol. The summed E-state index contributed by atoms with van der Waals surface area (Å²) in [5.74, 6) is 0. The van der Waals surface area contributed by atoms with E-state index in [1.165, 1.54) is 6.42 Å². The van der Waals surface area contributed by atoms with Crippen LogP contribution in [-0.2, 0) is 20.8 Å². The van der Waals surface area contributed by atoms with Gasteiger partial charge in [0, 0.05) is 0 Å².